The number of rotatable bonds is 43. The Balaban J connectivity index is -0.00000403. The van der Waals surface area contributed by atoms with Crippen molar-refractivity contribution in [1.29, 1.82) is 0 Å². The van der Waals surface area contributed by atoms with E-state index in [-0.39, 0.29) is 23.8 Å². The first-order valence-corrected chi connectivity index (χ1v) is 26.7. The van der Waals surface area contributed by atoms with E-state index in [1.54, 1.807) is 6.92 Å². The number of unbranched alkanes of at least 4 members (excludes halogenated alkanes) is 23. The fourth-order valence-electron chi connectivity index (χ4n) is 8.79. The summed E-state index contributed by atoms with van der Waals surface area (Å²) in [5, 5.41) is 17.0. The molecule has 0 fully saturated rings. The molecule has 0 heterocycles. The van der Waals surface area contributed by atoms with E-state index in [9.17, 15) is 9.59 Å². The fraction of sp³-hybridized carbons (Fsp3) is 0.889. The van der Waals surface area contributed by atoms with E-state index in [1.807, 2.05) is 13.8 Å². The van der Waals surface area contributed by atoms with Gasteiger partial charge < -0.3 is 20.4 Å². The van der Waals surface area contributed by atoms with Crippen molar-refractivity contribution in [3.05, 3.63) is 26.0 Å². The van der Waals surface area contributed by atoms with Gasteiger partial charge in [0.2, 0.25) is 10.9 Å². The number of carboxylic acid groups (broad SMARTS) is 2. The van der Waals surface area contributed by atoms with Crippen LogP contribution >= 0.6 is 0 Å². The van der Waals surface area contributed by atoms with E-state index >= 15 is 0 Å². The van der Waals surface area contributed by atoms with Gasteiger partial charge in [0.15, 0.2) is 0 Å². The Bertz CT molecular complexity index is 1080. The summed E-state index contributed by atoms with van der Waals surface area (Å²) < 4.78 is 0. The minimum Gasteiger partial charge on any atom is -0.483 e. The summed E-state index contributed by atoms with van der Waals surface area (Å²) in [7, 11) is 0. The zero-order valence-corrected chi connectivity index (χ0v) is 42.4. The van der Waals surface area contributed by atoms with E-state index in [2.05, 4.69) is 37.9 Å². The first-order chi connectivity index (χ1) is 30.3. The molecule has 0 aliphatic carbocycles. The molecular formula is C54H106N2O6. The third-order valence-electron chi connectivity index (χ3n) is 12.8. The topological polar surface area (TPSA) is 124 Å². The Morgan fingerprint density at radius 1 is 0.452 bits per heavy atom. The van der Waals surface area contributed by atoms with Crippen molar-refractivity contribution in [1.82, 2.24) is 4.90 Å². The SMILES string of the molecule is CC.CCCCCCCCC(CC)CCCCCCCN(CCCCCCCC(CCCCCCCC)CCCCCCCC)CCCNc1c(C)c(=O)c1=O.O=CO.O=CO. The van der Waals surface area contributed by atoms with Crippen LogP contribution in [0.15, 0.2) is 9.59 Å². The molecule has 0 amide bonds. The van der Waals surface area contributed by atoms with Gasteiger partial charge in [0, 0.05) is 12.1 Å². The molecule has 0 aliphatic heterocycles. The van der Waals surface area contributed by atoms with Gasteiger partial charge in [-0.25, -0.2) is 0 Å². The van der Waals surface area contributed by atoms with Crippen LogP contribution in [0.5, 0.6) is 0 Å². The molecule has 8 nitrogen and oxygen atoms in total. The maximum Gasteiger partial charge on any atom is 0.290 e. The van der Waals surface area contributed by atoms with E-state index in [1.165, 1.54) is 231 Å². The van der Waals surface area contributed by atoms with Crippen molar-refractivity contribution in [2.45, 2.75) is 273 Å². The third kappa shape index (κ3) is 41.8. The van der Waals surface area contributed by atoms with Crippen LogP contribution in [-0.4, -0.2) is 54.2 Å². The number of anilines is 1. The number of hydrogen-bond acceptors (Lipinski definition) is 6. The van der Waals surface area contributed by atoms with Crippen LogP contribution in [0.2, 0.25) is 0 Å². The number of carbonyl (C=O) groups is 2. The van der Waals surface area contributed by atoms with Crippen molar-refractivity contribution < 1.29 is 19.8 Å². The van der Waals surface area contributed by atoms with Gasteiger partial charge in [0.1, 0.15) is 0 Å². The van der Waals surface area contributed by atoms with Crippen molar-refractivity contribution in [2.24, 2.45) is 11.8 Å². The van der Waals surface area contributed by atoms with Gasteiger partial charge in [-0.1, -0.05) is 247 Å². The zero-order chi connectivity index (χ0) is 46.7. The second-order valence-corrected chi connectivity index (χ2v) is 17.9. The van der Waals surface area contributed by atoms with Crippen molar-refractivity contribution in [3.63, 3.8) is 0 Å². The van der Waals surface area contributed by atoms with E-state index < -0.39 is 0 Å². The number of nitrogens with zero attached hydrogens (tertiary/aromatic N) is 1. The lowest BCUT2D eigenvalue weighted by Gasteiger charge is -2.23. The number of hydrogen-bond donors (Lipinski definition) is 3. The second-order valence-electron chi connectivity index (χ2n) is 17.9. The highest BCUT2D eigenvalue weighted by Crippen LogP contribution is 2.25. The monoisotopic (exact) mass is 879 g/mol. The summed E-state index contributed by atoms with van der Waals surface area (Å²) >= 11 is 0. The Morgan fingerprint density at radius 3 is 1.06 bits per heavy atom. The van der Waals surface area contributed by atoms with Gasteiger partial charge in [-0.05, 0) is 57.7 Å². The van der Waals surface area contributed by atoms with Crippen molar-refractivity contribution in [3.8, 4) is 0 Å². The molecule has 1 rings (SSSR count). The highest BCUT2D eigenvalue weighted by atomic mass is 16.3. The summed E-state index contributed by atoms with van der Waals surface area (Å²) in [5.41, 5.74) is 0.534. The standard InChI is InChI=1S/C50H96N2O2.C2H6.2CH2O2/c1-6-10-13-16-21-28-36-46(9-4)37-29-24-19-26-33-42-52(44-35-41-51-48-45(5)49(53)50(48)54)43-34-27-20-25-32-40-47(38-30-22-17-14-11-7-2)39-31-23-18-15-12-8-3;1-2;2*2-1-3/h46-47,51H,6-44H2,1-5H3;1-2H3;2*1H,(H,2,3). The van der Waals surface area contributed by atoms with Gasteiger partial charge >= 0.3 is 0 Å². The van der Waals surface area contributed by atoms with Crippen LogP contribution in [0, 0.1) is 18.8 Å². The van der Waals surface area contributed by atoms with E-state index in [0.29, 0.717) is 11.3 Å². The molecular weight excluding hydrogens is 773 g/mol. The minimum atomic E-state index is -0.326. The summed E-state index contributed by atoms with van der Waals surface area (Å²) in [6, 6.07) is 0. The lowest BCUT2D eigenvalue weighted by atomic mass is 9.89. The summed E-state index contributed by atoms with van der Waals surface area (Å²) in [6.45, 7) is 18.9. The predicted molar refractivity (Wildman–Crippen MR) is 271 cm³/mol. The largest absolute Gasteiger partial charge is 0.483 e. The summed E-state index contributed by atoms with van der Waals surface area (Å²) in [5.74, 6) is 1.92. The molecule has 368 valence electrons. The summed E-state index contributed by atoms with van der Waals surface area (Å²) in [4.78, 5) is 42.9. The maximum absolute atomic E-state index is 11.9. The van der Waals surface area contributed by atoms with E-state index in [0.717, 1.165) is 31.3 Å². The molecule has 1 unspecified atom stereocenters. The first kappa shape index (κ1) is 64.1. The van der Waals surface area contributed by atoms with Crippen molar-refractivity contribution >= 4 is 18.6 Å². The molecule has 1 aromatic carbocycles. The molecule has 1 atom stereocenters. The van der Waals surface area contributed by atoms with Crippen LogP contribution in [0.25, 0.3) is 0 Å². The van der Waals surface area contributed by atoms with Crippen LogP contribution < -0.4 is 16.2 Å². The van der Waals surface area contributed by atoms with Gasteiger partial charge in [-0.2, -0.15) is 0 Å². The van der Waals surface area contributed by atoms with Crippen molar-refractivity contribution in [2.75, 3.05) is 31.5 Å². The Kier molecular flexibility index (Phi) is 54.9. The highest BCUT2D eigenvalue weighted by molar-refractivity contribution is 5.55. The highest BCUT2D eigenvalue weighted by Gasteiger charge is 2.16. The average Bonchev–Trinajstić information content (AvgIpc) is 3.28. The van der Waals surface area contributed by atoms with Crippen LogP contribution in [0.4, 0.5) is 5.69 Å². The molecule has 3 N–H and O–H groups in total. The maximum atomic E-state index is 11.9. The molecule has 0 saturated heterocycles. The van der Waals surface area contributed by atoms with E-state index in [4.69, 9.17) is 19.8 Å². The normalized spacial score (nSPS) is 11.4. The zero-order valence-electron chi connectivity index (χ0n) is 42.4. The lowest BCUT2D eigenvalue weighted by Crippen LogP contribution is -2.37. The molecule has 0 saturated carbocycles. The van der Waals surface area contributed by atoms with Gasteiger partial charge in [0.05, 0.1) is 5.69 Å². The lowest BCUT2D eigenvalue weighted by molar-refractivity contribution is -0.123. The van der Waals surface area contributed by atoms with Crippen LogP contribution in [-0.2, 0) is 9.59 Å². The molecule has 8 heteroatoms. The molecule has 0 radical (unpaired) electrons. The first-order valence-electron chi connectivity index (χ1n) is 26.7. The molecule has 0 bridgehead atoms. The summed E-state index contributed by atoms with van der Waals surface area (Å²) in [6.07, 6.45) is 49.1. The Hall–Kier alpha value is -2.22. The van der Waals surface area contributed by atoms with Gasteiger partial charge in [-0.3, -0.25) is 19.2 Å². The smallest absolute Gasteiger partial charge is 0.290 e. The van der Waals surface area contributed by atoms with Crippen LogP contribution in [0.1, 0.15) is 272 Å². The molecule has 0 spiro atoms. The molecule has 0 aliphatic rings. The Morgan fingerprint density at radius 2 is 0.742 bits per heavy atom. The molecule has 1 aromatic rings. The second kappa shape index (κ2) is 53.1. The predicted octanol–water partition coefficient (Wildman–Crippen LogP) is 15.7. The Labute approximate surface area is 384 Å². The molecule has 62 heavy (non-hydrogen) atoms. The minimum absolute atomic E-state index is 0.250. The fourth-order valence-corrected chi connectivity index (χ4v) is 8.79. The van der Waals surface area contributed by atoms with Crippen LogP contribution in [0.3, 0.4) is 0 Å². The van der Waals surface area contributed by atoms with Gasteiger partial charge in [-0.15, -0.1) is 0 Å². The van der Waals surface area contributed by atoms with Gasteiger partial charge in [0.25, 0.3) is 12.9 Å². The quantitative estimate of drug-likeness (QED) is 0.0337. The average molecular weight is 879 g/mol. The third-order valence-corrected chi connectivity index (χ3v) is 12.8. The number of nitrogens with one attached hydrogen (secondary N) is 1. The molecule has 0 aromatic heterocycles.